The van der Waals surface area contributed by atoms with Crippen molar-refractivity contribution in [2.45, 2.75) is 43.6 Å². The molecule has 11 heterocycles. The first-order chi connectivity index (χ1) is 52.4. The number of aliphatic hydroxyl groups is 1. The van der Waals surface area contributed by atoms with Crippen LogP contribution < -0.4 is 58.9 Å². The van der Waals surface area contributed by atoms with Crippen molar-refractivity contribution in [3.8, 4) is 69.1 Å². The number of rotatable bonds is 16. The molecular weight excluding hydrogens is 1760 g/mol. The molecule has 11 aromatic rings. The predicted octanol–water partition coefficient (Wildman–Crippen LogP) is 8.29. The maximum atomic E-state index is 12.1. The number of hydrogen-bond acceptors (Lipinski definition) is 41. The van der Waals surface area contributed by atoms with E-state index in [1.807, 2.05) is 0 Å². The zero-order valence-electron chi connectivity index (χ0n) is 60.0. The van der Waals surface area contributed by atoms with Gasteiger partial charge in [-0.1, -0.05) is 29.7 Å². The number of ketones is 4. The number of aromatic nitrogens is 22. The Morgan fingerprint density at radius 2 is 0.877 bits per heavy atom. The number of Topliss-reactive ketones (excluding diaryl/α,β-unsaturated/α-hetero) is 2. The average molecular weight is 1850 g/mol. The fraction of sp³-hybridized carbons (Fsp3) is 0.224. The van der Waals surface area contributed by atoms with Gasteiger partial charge in [-0.25, -0.2) is 99.7 Å². The summed E-state index contributed by atoms with van der Waals surface area (Å²) in [7, 11) is 18.3. The summed E-state index contributed by atoms with van der Waals surface area (Å²) < 4.78 is 25.2. The van der Waals surface area contributed by atoms with Gasteiger partial charge >= 0.3 is 24.8 Å². The first-order valence-corrected chi connectivity index (χ1v) is 33.7. The maximum absolute atomic E-state index is 12.1. The summed E-state index contributed by atoms with van der Waals surface area (Å²) in [5.41, 5.74) is 36.1. The van der Waals surface area contributed by atoms with Crippen molar-refractivity contribution in [1.29, 1.82) is 0 Å². The van der Waals surface area contributed by atoms with E-state index in [1.54, 1.807) is 113 Å². The molecule has 47 heteroatoms. The van der Waals surface area contributed by atoms with Gasteiger partial charge in [0.15, 0.2) is 44.8 Å². The van der Waals surface area contributed by atoms with Crippen LogP contribution in [0, 0.1) is 0 Å². The van der Waals surface area contributed by atoms with Gasteiger partial charge < -0.3 is 73.2 Å². The van der Waals surface area contributed by atoms with Crippen molar-refractivity contribution in [2.75, 3.05) is 98.1 Å². The predicted molar refractivity (Wildman–Crippen MR) is 451 cm³/mol. The number of hydrogen-bond donors (Lipinski definition) is 9. The van der Waals surface area contributed by atoms with E-state index < -0.39 is 0 Å². The van der Waals surface area contributed by atoms with Crippen LogP contribution in [0.2, 0.25) is 0 Å². The van der Waals surface area contributed by atoms with E-state index in [4.69, 9.17) is 58.5 Å². The molecule has 0 atom stereocenters. The zero-order chi connectivity index (χ0) is 82.0. The summed E-state index contributed by atoms with van der Waals surface area (Å²) in [6.07, 6.45) is 25.2. The molecule has 605 valence electrons. The number of nitrogens with zero attached hydrogens (tertiary/aromatic N) is 24. The topological polar surface area (TPSA) is 604 Å². The molecule has 0 fully saturated rings. The number of aliphatic hydroxyl groups excluding tert-OH is 1. The summed E-state index contributed by atoms with van der Waals surface area (Å²) in [4.78, 5) is 147. The fourth-order valence-corrected chi connectivity index (χ4v) is 8.83. The van der Waals surface area contributed by atoms with Gasteiger partial charge in [0.05, 0.1) is 88.4 Å². The number of halogens is 4. The van der Waals surface area contributed by atoms with E-state index in [-0.39, 0.29) is 122 Å². The summed E-state index contributed by atoms with van der Waals surface area (Å²) in [6, 6.07) is 6.53. The van der Waals surface area contributed by atoms with Crippen molar-refractivity contribution in [3.05, 3.63) is 181 Å². The van der Waals surface area contributed by atoms with Gasteiger partial charge in [-0.3, -0.25) is 29.0 Å². The number of methoxy groups -OCH3 is 4. The van der Waals surface area contributed by atoms with Crippen LogP contribution in [-0.4, -0.2) is 219 Å². The SMILES string of the molecule is C.C.C.C.CO.COc1ncc(-c2ccnc(N)n2)nc1-c1ccnc(N)n1.COc1ncc(Br)nc1Br.COc1ncc(C(=O)/C=C/N(C)C)nc1C(=O)/C=C/N(C)C.COc1ncc(C(C)=O)nc1C(C)=O.Nc1cnccn1.Nc1ncc(Br)nc1Br.Nc1nccc(-c2c[nH]c(=O)c(-c3ccnc(N)n3)n2)n1.[B]=NS. The Labute approximate surface area is 696 Å². The van der Waals surface area contributed by atoms with E-state index >= 15 is 0 Å². The van der Waals surface area contributed by atoms with Crippen LogP contribution in [0.1, 0.15) is 85.5 Å². The summed E-state index contributed by atoms with van der Waals surface area (Å²) in [5, 5.41) is 7.00. The Balaban J connectivity index is 0. The standard InChI is InChI=1S/C15H20N4O3.C13H12N8O.C12H10N8O.C9H10N2O3.C5H4Br2N2O.C4H3Br2N3.C4H5N3.CH4O.4CH4.BHNS/c1-18(2)8-6-12(20)11-10-16-15(22-5)14(17-11)13(21)7-9-19(3)4;1-22-11-10(8-3-5-17-13(15)21-8)19-9(6-18-11)7-2-4-16-12(14)20-7;13-11-15-3-1-6(19-11)8-5-17-10(21)9(18-8)7-2-4-16-12(14)20-7;1-5(12)7-4-10-9(14-3)8(11-7)6(2)13;1-10-5-4(7)9-3(6)2-8-5;5-2-1-8-4(7)3(6)9-2;5-4-3-6-1-2-7-4;1-2;;;;;1-2-3/h6-10H,1-5H3;2-6H,1H3,(H2,14,16,20)(H2,15,17,21);1-5H,(H,17,21)(H2,13,15,19)(H2,14,16,20);4H,1-3H3;2H,1H3;1H,(H2,7,8);1-3H,(H2,5,7);2H,1H3;4*1H4;3H/b8-6+,9-7+;;;;;;;;;;;;. The second-order valence-electron chi connectivity index (χ2n) is 20.0. The molecular formula is C67H85BBr4N31O10S. The third-order valence-electron chi connectivity index (χ3n) is 11.7. The van der Waals surface area contributed by atoms with Gasteiger partial charge in [-0.15, -0.1) is 0 Å². The first kappa shape index (κ1) is 104. The van der Waals surface area contributed by atoms with Crippen LogP contribution in [0.3, 0.4) is 0 Å². The van der Waals surface area contributed by atoms with Crippen LogP contribution in [-0.2, 0) is 0 Å². The molecule has 0 spiro atoms. The Bertz CT molecular complexity index is 4980. The molecule has 14 N–H and O–H groups in total. The Morgan fingerprint density at radius 3 is 1.30 bits per heavy atom. The Hall–Kier alpha value is -12.5. The number of allylic oxidation sites excluding steroid dienone is 2. The van der Waals surface area contributed by atoms with Crippen molar-refractivity contribution < 1.29 is 43.2 Å². The number of anilines is 6. The average Bonchev–Trinajstić information content (AvgIpc) is 0.812. The molecule has 0 aromatic carbocycles. The summed E-state index contributed by atoms with van der Waals surface area (Å²) in [6.45, 7) is 2.71. The van der Waals surface area contributed by atoms with E-state index in [9.17, 15) is 24.0 Å². The fourth-order valence-electron chi connectivity index (χ4n) is 7.04. The van der Waals surface area contributed by atoms with Crippen molar-refractivity contribution in [2.24, 2.45) is 4.30 Å². The molecule has 11 aromatic heterocycles. The van der Waals surface area contributed by atoms with E-state index in [0.717, 1.165) is 7.11 Å². The second-order valence-corrected chi connectivity index (χ2v) is 23.4. The second kappa shape index (κ2) is 55.0. The number of carbonyl (C=O) groups excluding carboxylic acids is 4. The van der Waals surface area contributed by atoms with Gasteiger partial charge in [0.25, 0.3) is 5.56 Å². The Kier molecular flexibility index (Phi) is 50.0. The molecule has 0 amide bonds. The number of aromatic amines is 1. The van der Waals surface area contributed by atoms with Gasteiger partial charge in [0, 0.05) is 117 Å². The molecule has 0 saturated carbocycles. The summed E-state index contributed by atoms with van der Waals surface area (Å²) in [5.74, 6) is 1.13. The van der Waals surface area contributed by atoms with Gasteiger partial charge in [0.2, 0.25) is 58.9 Å². The minimum absolute atomic E-state index is 0. The number of nitrogens with two attached hydrogens (primary N) is 6. The van der Waals surface area contributed by atoms with Crippen LogP contribution in [0.5, 0.6) is 23.5 Å². The zero-order valence-corrected chi connectivity index (χ0v) is 67.2. The monoisotopic (exact) mass is 1840 g/mol. The quantitative estimate of drug-likeness (QED) is 0.0190. The normalized spacial score (nSPS) is 9.51. The molecule has 1 radical (unpaired) electrons. The molecule has 0 aliphatic heterocycles. The van der Waals surface area contributed by atoms with E-state index in [2.05, 4.69) is 198 Å². The molecule has 41 nitrogen and oxygen atoms in total. The van der Waals surface area contributed by atoms with Crippen LogP contribution >= 0.6 is 76.5 Å². The Morgan fingerprint density at radius 1 is 0.465 bits per heavy atom. The molecule has 114 heavy (non-hydrogen) atoms. The molecule has 0 unspecified atom stereocenters. The number of H-pyrrole nitrogens is 1. The molecule has 11 rings (SSSR count). The van der Waals surface area contributed by atoms with Gasteiger partial charge in [-0.05, 0) is 88.0 Å². The van der Waals surface area contributed by atoms with Gasteiger partial charge in [0.1, 0.15) is 42.4 Å². The third kappa shape index (κ3) is 36.1. The van der Waals surface area contributed by atoms with E-state index in [1.165, 1.54) is 96.9 Å². The number of thiol groups is 1. The third-order valence-corrected chi connectivity index (χ3v) is 13.6. The molecule has 0 saturated heterocycles. The first-order valence-electron chi connectivity index (χ1n) is 30.1. The molecule has 0 bridgehead atoms. The number of carbonyl (C=O) groups is 4. The van der Waals surface area contributed by atoms with E-state index in [0.29, 0.717) is 81.7 Å². The van der Waals surface area contributed by atoms with Gasteiger partial charge in [-0.2, -0.15) is 0 Å². The van der Waals surface area contributed by atoms with Crippen LogP contribution in [0.25, 0.3) is 45.6 Å². The van der Waals surface area contributed by atoms with Crippen molar-refractivity contribution in [1.82, 2.24) is 119 Å². The molecule has 0 aliphatic carbocycles. The van der Waals surface area contributed by atoms with Crippen LogP contribution in [0.4, 0.5) is 35.4 Å². The number of nitrogen functional groups attached to an aromatic ring is 6. The van der Waals surface area contributed by atoms with Crippen molar-refractivity contribution >= 4 is 143 Å². The number of nitrogens with one attached hydrogen (secondary N) is 1. The summed E-state index contributed by atoms with van der Waals surface area (Å²) >= 11 is 15.8. The molecule has 0 aliphatic rings. The van der Waals surface area contributed by atoms with Crippen molar-refractivity contribution in [3.63, 3.8) is 0 Å². The minimum atomic E-state index is -0.390. The number of ether oxygens (including phenoxy) is 4. The van der Waals surface area contributed by atoms with Crippen LogP contribution in [0.15, 0.2) is 157 Å².